The van der Waals surface area contributed by atoms with Crippen molar-refractivity contribution < 1.29 is 0 Å². The van der Waals surface area contributed by atoms with E-state index in [0.29, 0.717) is 0 Å². The predicted molar refractivity (Wildman–Crippen MR) is 132 cm³/mol. The lowest BCUT2D eigenvalue weighted by molar-refractivity contribution is 0.125. The number of hydrogen-bond acceptors (Lipinski definition) is 2. The molecule has 0 radical (unpaired) electrons. The average molecular weight is 412 g/mol. The molecule has 4 aromatic rings. The predicted octanol–water partition coefficient (Wildman–Crippen LogP) is 5.85. The Bertz CT molecular complexity index is 1110. The van der Waals surface area contributed by atoms with Gasteiger partial charge in [0.15, 0.2) is 0 Å². The van der Waals surface area contributed by atoms with Gasteiger partial charge in [0, 0.05) is 54.5 Å². The van der Waals surface area contributed by atoms with Crippen molar-refractivity contribution in [2.24, 2.45) is 0 Å². The minimum absolute atomic E-state index is 1.09. The van der Waals surface area contributed by atoms with Crippen molar-refractivity contribution in [3.05, 3.63) is 83.9 Å². The summed E-state index contributed by atoms with van der Waals surface area (Å²) in [6.45, 7) is 7.15. The van der Waals surface area contributed by atoms with Gasteiger partial charge in [-0.25, -0.2) is 0 Å². The molecule has 3 aromatic carbocycles. The molecular formula is C28H33N3. The van der Waals surface area contributed by atoms with E-state index in [0.717, 1.165) is 6.54 Å². The number of nitrogens with one attached hydrogen (secondary N) is 1. The number of fused-ring (bicyclic) bond motifs is 3. The van der Waals surface area contributed by atoms with Gasteiger partial charge in [0.2, 0.25) is 0 Å². The Balaban J connectivity index is 1.02. The van der Waals surface area contributed by atoms with Crippen molar-refractivity contribution in [2.45, 2.75) is 32.2 Å². The van der Waals surface area contributed by atoms with Gasteiger partial charge in [-0.15, -0.1) is 0 Å². The van der Waals surface area contributed by atoms with E-state index in [1.807, 2.05) is 0 Å². The molecule has 3 nitrogen and oxygen atoms in total. The Morgan fingerprint density at radius 1 is 0.613 bits per heavy atom. The second-order valence-corrected chi connectivity index (χ2v) is 8.96. The van der Waals surface area contributed by atoms with Crippen LogP contribution in [0.4, 0.5) is 0 Å². The summed E-state index contributed by atoms with van der Waals surface area (Å²) in [6.07, 6.45) is 5.08. The summed E-state index contributed by atoms with van der Waals surface area (Å²) in [5.74, 6) is 0. The van der Waals surface area contributed by atoms with Gasteiger partial charge in [0.05, 0.1) is 0 Å². The van der Waals surface area contributed by atoms with Gasteiger partial charge in [0.1, 0.15) is 0 Å². The van der Waals surface area contributed by atoms with Crippen LogP contribution in [0.25, 0.3) is 21.8 Å². The SMILES string of the molecule is c1ccc(CN2CCN(CCCCCc3ccc4c(c3)[nH]c3ccccc34)CC2)cc1. The molecule has 0 saturated carbocycles. The summed E-state index contributed by atoms with van der Waals surface area (Å²) in [6, 6.07) is 26.4. The van der Waals surface area contributed by atoms with Gasteiger partial charge >= 0.3 is 0 Å². The van der Waals surface area contributed by atoms with Crippen LogP contribution in [0.5, 0.6) is 0 Å². The Morgan fingerprint density at radius 2 is 1.35 bits per heavy atom. The first-order chi connectivity index (χ1) is 15.3. The maximum absolute atomic E-state index is 3.57. The van der Waals surface area contributed by atoms with Crippen LogP contribution in [0.2, 0.25) is 0 Å². The molecule has 2 heterocycles. The van der Waals surface area contributed by atoms with Crippen molar-refractivity contribution in [2.75, 3.05) is 32.7 Å². The molecule has 1 aliphatic rings. The molecule has 0 aliphatic carbocycles. The molecular weight excluding hydrogens is 378 g/mol. The van der Waals surface area contributed by atoms with Crippen molar-refractivity contribution in [3.63, 3.8) is 0 Å². The zero-order valence-electron chi connectivity index (χ0n) is 18.4. The molecule has 1 saturated heterocycles. The van der Waals surface area contributed by atoms with Gasteiger partial charge in [0.25, 0.3) is 0 Å². The van der Waals surface area contributed by atoms with Crippen LogP contribution in [-0.2, 0) is 13.0 Å². The summed E-state index contributed by atoms with van der Waals surface area (Å²) in [5.41, 5.74) is 5.39. The first-order valence-corrected chi connectivity index (χ1v) is 11.8. The fourth-order valence-electron chi connectivity index (χ4n) is 4.91. The lowest BCUT2D eigenvalue weighted by Crippen LogP contribution is -2.46. The molecule has 0 unspecified atom stereocenters. The number of para-hydroxylation sites is 1. The van der Waals surface area contributed by atoms with Gasteiger partial charge in [-0.05, 0) is 49.1 Å². The van der Waals surface area contributed by atoms with Gasteiger partial charge < -0.3 is 9.88 Å². The van der Waals surface area contributed by atoms with Crippen LogP contribution in [0.3, 0.4) is 0 Å². The van der Waals surface area contributed by atoms with Crippen LogP contribution in [0.15, 0.2) is 72.8 Å². The van der Waals surface area contributed by atoms with Gasteiger partial charge in [-0.2, -0.15) is 0 Å². The largest absolute Gasteiger partial charge is 0.355 e. The van der Waals surface area contributed by atoms with Crippen molar-refractivity contribution >= 4 is 21.8 Å². The third-order valence-electron chi connectivity index (χ3n) is 6.72. The monoisotopic (exact) mass is 411 g/mol. The number of rotatable bonds is 8. The van der Waals surface area contributed by atoms with E-state index in [4.69, 9.17) is 0 Å². The number of aromatic nitrogens is 1. The highest BCUT2D eigenvalue weighted by atomic mass is 15.3. The lowest BCUT2D eigenvalue weighted by Gasteiger charge is -2.34. The summed E-state index contributed by atoms with van der Waals surface area (Å²) < 4.78 is 0. The second kappa shape index (κ2) is 9.67. The minimum atomic E-state index is 1.09. The van der Waals surface area contributed by atoms with E-state index in [2.05, 4.69) is 87.6 Å². The third-order valence-corrected chi connectivity index (χ3v) is 6.72. The zero-order valence-corrected chi connectivity index (χ0v) is 18.4. The molecule has 1 aliphatic heterocycles. The molecule has 0 spiro atoms. The van der Waals surface area contributed by atoms with E-state index >= 15 is 0 Å². The molecule has 1 aromatic heterocycles. The smallest absolute Gasteiger partial charge is 0.0467 e. The number of hydrogen-bond donors (Lipinski definition) is 1. The third kappa shape index (κ3) is 5.00. The number of nitrogens with zero attached hydrogens (tertiary/aromatic N) is 2. The van der Waals surface area contributed by atoms with Crippen molar-refractivity contribution in [1.29, 1.82) is 0 Å². The molecule has 160 valence electrons. The van der Waals surface area contributed by atoms with Crippen LogP contribution in [0, 0.1) is 0 Å². The highest BCUT2D eigenvalue weighted by molar-refractivity contribution is 6.07. The van der Waals surface area contributed by atoms with Crippen LogP contribution >= 0.6 is 0 Å². The fraction of sp³-hybridized carbons (Fsp3) is 0.357. The highest BCUT2D eigenvalue weighted by Gasteiger charge is 2.16. The Labute approximate surface area is 185 Å². The maximum Gasteiger partial charge on any atom is 0.0467 e. The van der Waals surface area contributed by atoms with Crippen LogP contribution < -0.4 is 0 Å². The van der Waals surface area contributed by atoms with E-state index in [1.165, 1.54) is 91.3 Å². The Morgan fingerprint density at radius 3 is 2.23 bits per heavy atom. The maximum atomic E-state index is 3.57. The number of unbranched alkanes of at least 4 members (excludes halogenated alkanes) is 2. The summed E-state index contributed by atoms with van der Waals surface area (Å²) in [4.78, 5) is 8.81. The summed E-state index contributed by atoms with van der Waals surface area (Å²) >= 11 is 0. The van der Waals surface area contributed by atoms with E-state index in [9.17, 15) is 0 Å². The fourth-order valence-corrected chi connectivity index (χ4v) is 4.91. The van der Waals surface area contributed by atoms with Crippen LogP contribution in [-0.4, -0.2) is 47.5 Å². The Kier molecular flexibility index (Phi) is 6.33. The Hall–Kier alpha value is -2.62. The molecule has 5 rings (SSSR count). The topological polar surface area (TPSA) is 22.3 Å². The molecule has 0 atom stereocenters. The van der Waals surface area contributed by atoms with Crippen molar-refractivity contribution in [3.8, 4) is 0 Å². The van der Waals surface area contributed by atoms with Gasteiger partial charge in [-0.3, -0.25) is 4.90 Å². The normalized spacial score (nSPS) is 15.7. The zero-order chi connectivity index (χ0) is 20.9. The molecule has 31 heavy (non-hydrogen) atoms. The molecule has 0 bridgehead atoms. The van der Waals surface area contributed by atoms with E-state index in [-0.39, 0.29) is 0 Å². The van der Waals surface area contributed by atoms with Crippen molar-refractivity contribution in [1.82, 2.24) is 14.8 Å². The summed E-state index contributed by atoms with van der Waals surface area (Å²) in [5, 5.41) is 2.67. The summed E-state index contributed by atoms with van der Waals surface area (Å²) in [7, 11) is 0. The number of aromatic amines is 1. The minimum Gasteiger partial charge on any atom is -0.355 e. The molecule has 3 heteroatoms. The quantitative estimate of drug-likeness (QED) is 0.367. The molecule has 0 amide bonds. The first kappa shape index (κ1) is 20.3. The second-order valence-electron chi connectivity index (χ2n) is 8.96. The standard InChI is InChI=1S/C28H33N3/c1-3-10-24(11-4-1)22-31-19-17-30(18-20-31)16-8-2-5-9-23-14-15-26-25-12-6-7-13-27(25)29-28(26)21-23/h1,3-4,6-7,10-15,21,29H,2,5,8-9,16-20,22H2. The lowest BCUT2D eigenvalue weighted by atomic mass is 10.0. The van der Waals surface area contributed by atoms with E-state index < -0.39 is 0 Å². The van der Waals surface area contributed by atoms with Gasteiger partial charge in [-0.1, -0.05) is 67.1 Å². The number of aryl methyl sites for hydroxylation is 1. The van der Waals surface area contributed by atoms with Crippen LogP contribution in [0.1, 0.15) is 30.4 Å². The molecule has 1 N–H and O–H groups in total. The first-order valence-electron chi connectivity index (χ1n) is 11.8. The number of benzene rings is 3. The highest BCUT2D eigenvalue weighted by Crippen LogP contribution is 2.26. The molecule has 1 fully saturated rings. The van der Waals surface area contributed by atoms with E-state index in [1.54, 1.807) is 0 Å². The average Bonchev–Trinajstić information content (AvgIpc) is 3.18. The number of piperazine rings is 1. The number of H-pyrrole nitrogens is 1.